The fraction of sp³-hybridized carbons (Fsp3) is 0.846. The number of rotatable bonds is 4. The van der Waals surface area contributed by atoms with Crippen LogP contribution in [0.2, 0.25) is 0 Å². The largest absolute Gasteiger partial charge is 0.311 e. The van der Waals surface area contributed by atoms with E-state index in [0.717, 1.165) is 11.4 Å². The maximum absolute atomic E-state index is 4.46. The van der Waals surface area contributed by atoms with Gasteiger partial charge in [0.1, 0.15) is 10.0 Å². The minimum atomic E-state index is 0.292. The quantitative estimate of drug-likeness (QED) is 0.893. The van der Waals surface area contributed by atoms with E-state index in [4.69, 9.17) is 0 Å². The third-order valence-corrected chi connectivity index (χ3v) is 5.31. The van der Waals surface area contributed by atoms with Gasteiger partial charge in [0, 0.05) is 5.41 Å². The van der Waals surface area contributed by atoms with Crippen molar-refractivity contribution in [1.29, 1.82) is 0 Å². The normalized spacial score (nSPS) is 21.4. The molecule has 1 aliphatic carbocycles. The Bertz CT molecular complexity index is 351. The van der Waals surface area contributed by atoms with Crippen molar-refractivity contribution in [2.45, 2.75) is 63.8 Å². The first-order chi connectivity index (χ1) is 8.19. The summed E-state index contributed by atoms with van der Waals surface area (Å²) in [6, 6.07) is 0.369. The summed E-state index contributed by atoms with van der Waals surface area (Å²) in [4.78, 5) is 0. The number of nitrogens with zero attached hydrogens (tertiary/aromatic N) is 2. The van der Waals surface area contributed by atoms with E-state index in [1.807, 2.05) is 18.4 Å². The van der Waals surface area contributed by atoms with Gasteiger partial charge < -0.3 is 5.32 Å². The smallest absolute Gasteiger partial charge is 0.134 e. The van der Waals surface area contributed by atoms with Crippen LogP contribution >= 0.6 is 11.3 Å². The minimum Gasteiger partial charge on any atom is -0.311 e. The zero-order valence-electron chi connectivity index (χ0n) is 11.1. The van der Waals surface area contributed by atoms with Gasteiger partial charge in [-0.3, -0.25) is 0 Å². The predicted octanol–water partition coefficient (Wildman–Crippen LogP) is 3.43. The van der Waals surface area contributed by atoms with Gasteiger partial charge in [0.25, 0.3) is 0 Å². The van der Waals surface area contributed by atoms with Gasteiger partial charge in [0.05, 0.1) is 6.04 Å². The first kappa shape index (κ1) is 13.0. The van der Waals surface area contributed by atoms with Crippen molar-refractivity contribution in [2.24, 2.45) is 0 Å². The van der Waals surface area contributed by atoms with Crippen LogP contribution < -0.4 is 5.32 Å². The second kappa shape index (κ2) is 5.44. The van der Waals surface area contributed by atoms with Crippen molar-refractivity contribution in [1.82, 2.24) is 15.5 Å². The number of aromatic nitrogens is 2. The fourth-order valence-electron chi connectivity index (χ4n) is 2.67. The summed E-state index contributed by atoms with van der Waals surface area (Å²) in [6.45, 7) is 4.54. The highest BCUT2D eigenvalue weighted by Gasteiger charge is 2.32. The zero-order chi connectivity index (χ0) is 12.3. The van der Waals surface area contributed by atoms with Crippen LogP contribution in [0.3, 0.4) is 0 Å². The highest BCUT2D eigenvalue weighted by atomic mass is 32.1. The maximum Gasteiger partial charge on any atom is 0.134 e. The molecular weight excluding hydrogens is 230 g/mol. The van der Waals surface area contributed by atoms with Crippen LogP contribution in [-0.2, 0) is 5.41 Å². The molecule has 1 fully saturated rings. The molecule has 1 unspecified atom stereocenters. The summed E-state index contributed by atoms with van der Waals surface area (Å²) in [5, 5.41) is 14.5. The van der Waals surface area contributed by atoms with Gasteiger partial charge in [-0.05, 0) is 26.3 Å². The molecule has 0 aromatic carbocycles. The molecule has 1 saturated carbocycles. The Labute approximate surface area is 108 Å². The highest BCUT2D eigenvalue weighted by Crippen LogP contribution is 2.40. The van der Waals surface area contributed by atoms with Crippen molar-refractivity contribution in [2.75, 3.05) is 7.05 Å². The molecule has 1 aromatic heterocycles. The topological polar surface area (TPSA) is 37.8 Å². The number of nitrogens with one attached hydrogen (secondary N) is 1. The van der Waals surface area contributed by atoms with Crippen LogP contribution in [0, 0.1) is 0 Å². The van der Waals surface area contributed by atoms with E-state index >= 15 is 0 Å². The zero-order valence-corrected chi connectivity index (χ0v) is 11.9. The fourth-order valence-corrected chi connectivity index (χ4v) is 3.91. The Morgan fingerprint density at radius 2 is 2.00 bits per heavy atom. The Kier molecular flexibility index (Phi) is 4.15. The maximum atomic E-state index is 4.46. The molecule has 0 amide bonds. The van der Waals surface area contributed by atoms with E-state index in [1.165, 1.54) is 37.1 Å². The summed E-state index contributed by atoms with van der Waals surface area (Å²) in [6.07, 6.45) is 7.69. The third kappa shape index (κ3) is 2.68. The molecule has 0 radical (unpaired) electrons. The first-order valence-electron chi connectivity index (χ1n) is 6.71. The summed E-state index contributed by atoms with van der Waals surface area (Å²) >= 11 is 1.81. The molecule has 1 N–H and O–H groups in total. The first-order valence-corrected chi connectivity index (χ1v) is 7.52. The lowest BCUT2D eigenvalue weighted by atomic mass is 9.76. The molecule has 2 rings (SSSR count). The summed E-state index contributed by atoms with van der Waals surface area (Å²) in [5.74, 6) is 0. The molecular formula is C13H23N3S. The standard InChI is InChI=1S/C13H23N3S/c1-4-10(14-3)11-15-16-12(17-11)13(2)8-6-5-7-9-13/h10,14H,4-9H2,1-3H3. The predicted molar refractivity (Wildman–Crippen MR) is 72.4 cm³/mol. The second-order valence-corrected chi connectivity index (χ2v) is 6.33. The van der Waals surface area contributed by atoms with E-state index in [0.29, 0.717) is 11.5 Å². The molecule has 3 nitrogen and oxygen atoms in total. The minimum absolute atomic E-state index is 0.292. The van der Waals surface area contributed by atoms with Crippen molar-refractivity contribution in [3.8, 4) is 0 Å². The Morgan fingerprint density at radius 3 is 2.59 bits per heavy atom. The Hall–Kier alpha value is -0.480. The van der Waals surface area contributed by atoms with Gasteiger partial charge >= 0.3 is 0 Å². The van der Waals surface area contributed by atoms with Crippen LogP contribution in [0.15, 0.2) is 0 Å². The van der Waals surface area contributed by atoms with Crippen molar-refractivity contribution in [3.05, 3.63) is 10.0 Å². The molecule has 17 heavy (non-hydrogen) atoms. The molecule has 1 aromatic rings. The molecule has 0 bridgehead atoms. The lowest BCUT2D eigenvalue weighted by Gasteiger charge is -2.30. The van der Waals surface area contributed by atoms with Gasteiger partial charge in [-0.2, -0.15) is 0 Å². The second-order valence-electron chi connectivity index (χ2n) is 5.32. The molecule has 0 saturated heterocycles. The van der Waals surface area contributed by atoms with Crippen molar-refractivity contribution >= 4 is 11.3 Å². The molecule has 1 heterocycles. The Morgan fingerprint density at radius 1 is 1.29 bits per heavy atom. The van der Waals surface area contributed by atoms with Gasteiger partial charge in [-0.1, -0.05) is 44.4 Å². The van der Waals surface area contributed by atoms with Crippen LogP contribution in [0.1, 0.15) is 68.4 Å². The average molecular weight is 253 g/mol. The van der Waals surface area contributed by atoms with Crippen LogP contribution in [0.4, 0.5) is 0 Å². The van der Waals surface area contributed by atoms with E-state index in [9.17, 15) is 0 Å². The van der Waals surface area contributed by atoms with E-state index in [2.05, 4.69) is 29.4 Å². The van der Waals surface area contributed by atoms with Crippen molar-refractivity contribution < 1.29 is 0 Å². The van der Waals surface area contributed by atoms with E-state index < -0.39 is 0 Å². The molecule has 1 aliphatic rings. The number of hydrogen-bond acceptors (Lipinski definition) is 4. The highest BCUT2D eigenvalue weighted by molar-refractivity contribution is 7.11. The van der Waals surface area contributed by atoms with Crippen molar-refractivity contribution in [3.63, 3.8) is 0 Å². The molecule has 1 atom stereocenters. The summed E-state index contributed by atoms with van der Waals surface area (Å²) in [5.41, 5.74) is 0.292. The van der Waals surface area contributed by atoms with Gasteiger partial charge in [0.15, 0.2) is 0 Å². The number of hydrogen-bond donors (Lipinski definition) is 1. The molecule has 0 spiro atoms. The van der Waals surface area contributed by atoms with Gasteiger partial charge in [-0.15, -0.1) is 10.2 Å². The summed E-state index contributed by atoms with van der Waals surface area (Å²) < 4.78 is 0. The van der Waals surface area contributed by atoms with Crippen LogP contribution in [0.5, 0.6) is 0 Å². The van der Waals surface area contributed by atoms with Gasteiger partial charge in [0.2, 0.25) is 0 Å². The molecule has 4 heteroatoms. The molecule has 96 valence electrons. The van der Waals surface area contributed by atoms with E-state index in [-0.39, 0.29) is 0 Å². The van der Waals surface area contributed by atoms with Gasteiger partial charge in [-0.25, -0.2) is 0 Å². The lowest BCUT2D eigenvalue weighted by molar-refractivity contribution is 0.317. The molecule has 0 aliphatic heterocycles. The summed E-state index contributed by atoms with van der Waals surface area (Å²) in [7, 11) is 2.00. The monoisotopic (exact) mass is 253 g/mol. The lowest BCUT2D eigenvalue weighted by Crippen LogP contribution is -2.24. The van der Waals surface area contributed by atoms with Crippen LogP contribution in [-0.4, -0.2) is 17.2 Å². The SMILES string of the molecule is CCC(NC)c1nnc(C2(C)CCCCC2)s1. The van der Waals surface area contributed by atoms with E-state index in [1.54, 1.807) is 0 Å². The Balaban J connectivity index is 2.16. The van der Waals surface area contributed by atoms with Crippen LogP contribution in [0.25, 0.3) is 0 Å². The average Bonchev–Trinajstić information content (AvgIpc) is 2.82. The third-order valence-electron chi connectivity index (χ3n) is 3.97.